The van der Waals surface area contributed by atoms with Crippen LogP contribution in [-0.2, 0) is 9.59 Å². The number of anilines is 1. The number of nitrogens with zero attached hydrogens (tertiary/aromatic N) is 1. The Bertz CT molecular complexity index is 872. The molecule has 2 N–H and O–H groups in total. The van der Waals surface area contributed by atoms with Crippen LogP contribution >= 0.6 is 23.2 Å². The molecular formula is C20H21Cl2N3O2. The number of nitrogens with one attached hydrogen (secondary N) is 2. The summed E-state index contributed by atoms with van der Waals surface area (Å²) in [7, 11) is 0. The third kappa shape index (κ3) is 6.38. The minimum absolute atomic E-state index is 0.0141. The maximum atomic E-state index is 11.9. The summed E-state index contributed by atoms with van der Waals surface area (Å²) in [6.07, 6.45) is 1.65. The molecule has 7 heteroatoms. The van der Waals surface area contributed by atoms with Gasteiger partial charge < -0.3 is 5.32 Å². The van der Waals surface area contributed by atoms with Gasteiger partial charge in [-0.3, -0.25) is 9.59 Å². The molecule has 0 spiro atoms. The normalized spacial score (nSPS) is 10.9. The van der Waals surface area contributed by atoms with Gasteiger partial charge in [-0.05, 0) is 50.1 Å². The van der Waals surface area contributed by atoms with Crippen LogP contribution in [0.4, 0.5) is 5.69 Å². The highest BCUT2D eigenvalue weighted by molar-refractivity contribution is 6.36. The molecule has 2 rings (SSSR count). The van der Waals surface area contributed by atoms with Crippen molar-refractivity contribution in [1.29, 1.82) is 0 Å². The molecule has 0 fully saturated rings. The van der Waals surface area contributed by atoms with Crippen LogP contribution in [0.5, 0.6) is 0 Å². The third-order valence-corrected chi connectivity index (χ3v) is 4.45. The predicted molar refractivity (Wildman–Crippen MR) is 111 cm³/mol. The van der Waals surface area contributed by atoms with Crippen LogP contribution in [0.25, 0.3) is 0 Å². The molecular weight excluding hydrogens is 385 g/mol. The SMILES string of the molecule is Cc1cc(C)c(C=NNC(=O)CCC(=O)Nc2ccc(Cl)cc2Cl)c(C)c1. The summed E-state index contributed by atoms with van der Waals surface area (Å²) in [5.41, 5.74) is 7.22. The van der Waals surface area contributed by atoms with Crippen molar-refractivity contribution in [2.24, 2.45) is 5.10 Å². The van der Waals surface area contributed by atoms with Crippen molar-refractivity contribution in [3.05, 3.63) is 62.6 Å². The molecule has 0 unspecified atom stereocenters. The zero-order valence-electron chi connectivity index (χ0n) is 15.4. The first kappa shape index (κ1) is 20.9. The second-order valence-corrected chi connectivity index (χ2v) is 7.12. The number of hydrogen-bond acceptors (Lipinski definition) is 3. The van der Waals surface area contributed by atoms with Crippen molar-refractivity contribution >= 4 is 46.9 Å². The molecule has 0 saturated carbocycles. The first-order valence-corrected chi connectivity index (χ1v) is 9.16. The van der Waals surface area contributed by atoms with E-state index in [2.05, 4.69) is 28.0 Å². The Labute approximate surface area is 168 Å². The van der Waals surface area contributed by atoms with Gasteiger partial charge in [-0.25, -0.2) is 5.43 Å². The summed E-state index contributed by atoms with van der Waals surface area (Å²) < 4.78 is 0. The summed E-state index contributed by atoms with van der Waals surface area (Å²) in [6, 6.07) is 8.89. The first-order chi connectivity index (χ1) is 12.8. The molecule has 0 aromatic heterocycles. The van der Waals surface area contributed by atoms with E-state index < -0.39 is 0 Å². The van der Waals surface area contributed by atoms with Crippen molar-refractivity contribution in [1.82, 2.24) is 5.43 Å². The lowest BCUT2D eigenvalue weighted by atomic mass is 10.0. The quantitative estimate of drug-likeness (QED) is 0.535. The zero-order chi connectivity index (χ0) is 20.0. The molecule has 5 nitrogen and oxygen atoms in total. The molecule has 2 amide bonds. The van der Waals surface area contributed by atoms with Crippen molar-refractivity contribution in [3.8, 4) is 0 Å². The van der Waals surface area contributed by atoms with Crippen LogP contribution in [0.3, 0.4) is 0 Å². The topological polar surface area (TPSA) is 70.6 Å². The van der Waals surface area contributed by atoms with E-state index in [1.807, 2.05) is 20.8 Å². The molecule has 0 aliphatic heterocycles. The van der Waals surface area contributed by atoms with E-state index in [0.717, 1.165) is 16.7 Å². The van der Waals surface area contributed by atoms with Gasteiger partial charge in [0.15, 0.2) is 0 Å². The largest absolute Gasteiger partial charge is 0.325 e. The Kier molecular flexibility index (Phi) is 7.39. The number of rotatable bonds is 6. The Balaban J connectivity index is 1.83. The van der Waals surface area contributed by atoms with Gasteiger partial charge in [0.2, 0.25) is 11.8 Å². The van der Waals surface area contributed by atoms with Crippen LogP contribution < -0.4 is 10.7 Å². The molecule has 142 valence electrons. The lowest BCUT2D eigenvalue weighted by Gasteiger charge is -2.07. The standard InChI is InChI=1S/C20H21Cl2N3O2/c1-12-8-13(2)16(14(3)9-12)11-23-25-20(27)7-6-19(26)24-18-5-4-15(21)10-17(18)22/h4-5,8-11H,6-7H2,1-3H3,(H,24,26)(H,25,27). The lowest BCUT2D eigenvalue weighted by molar-refractivity contribution is -0.124. The Hall–Kier alpha value is -2.37. The number of amides is 2. The highest BCUT2D eigenvalue weighted by Gasteiger charge is 2.09. The molecule has 0 radical (unpaired) electrons. The number of halogens is 2. The Morgan fingerprint density at radius 2 is 1.63 bits per heavy atom. The minimum Gasteiger partial charge on any atom is -0.325 e. The second kappa shape index (κ2) is 9.53. The molecule has 0 bridgehead atoms. The van der Waals surface area contributed by atoms with E-state index in [-0.39, 0.29) is 24.7 Å². The van der Waals surface area contributed by atoms with E-state index in [4.69, 9.17) is 23.2 Å². The van der Waals surface area contributed by atoms with Crippen LogP contribution in [0.2, 0.25) is 10.0 Å². The van der Waals surface area contributed by atoms with Crippen LogP contribution in [0.1, 0.15) is 35.1 Å². The fourth-order valence-electron chi connectivity index (χ4n) is 2.65. The summed E-state index contributed by atoms with van der Waals surface area (Å²) in [5, 5.41) is 7.46. The summed E-state index contributed by atoms with van der Waals surface area (Å²) in [5.74, 6) is -0.658. The van der Waals surface area contributed by atoms with E-state index in [1.54, 1.807) is 18.3 Å². The zero-order valence-corrected chi connectivity index (χ0v) is 16.9. The van der Waals surface area contributed by atoms with Crippen LogP contribution in [0.15, 0.2) is 35.4 Å². The summed E-state index contributed by atoms with van der Waals surface area (Å²) >= 11 is 11.8. The molecule has 0 aliphatic carbocycles. The third-order valence-electron chi connectivity index (χ3n) is 3.91. The number of benzene rings is 2. The van der Waals surface area contributed by atoms with Gasteiger partial charge in [-0.1, -0.05) is 40.9 Å². The van der Waals surface area contributed by atoms with Gasteiger partial charge in [0.1, 0.15) is 0 Å². The minimum atomic E-state index is -0.342. The van der Waals surface area contributed by atoms with E-state index in [1.165, 1.54) is 11.6 Å². The fourth-order valence-corrected chi connectivity index (χ4v) is 3.11. The molecule has 0 heterocycles. The van der Waals surface area contributed by atoms with Crippen molar-refractivity contribution < 1.29 is 9.59 Å². The van der Waals surface area contributed by atoms with E-state index >= 15 is 0 Å². The molecule has 0 saturated heterocycles. The summed E-state index contributed by atoms with van der Waals surface area (Å²) in [6.45, 7) is 6.02. The number of hydrogen-bond donors (Lipinski definition) is 2. The summed E-state index contributed by atoms with van der Waals surface area (Å²) in [4.78, 5) is 23.8. The van der Waals surface area contributed by atoms with Crippen LogP contribution in [-0.4, -0.2) is 18.0 Å². The van der Waals surface area contributed by atoms with Gasteiger partial charge >= 0.3 is 0 Å². The average molecular weight is 406 g/mol. The van der Waals surface area contributed by atoms with E-state index in [0.29, 0.717) is 15.7 Å². The number of carbonyl (C=O) groups excluding carboxylic acids is 2. The van der Waals surface area contributed by atoms with E-state index in [9.17, 15) is 9.59 Å². The highest BCUT2D eigenvalue weighted by atomic mass is 35.5. The molecule has 27 heavy (non-hydrogen) atoms. The predicted octanol–water partition coefficient (Wildman–Crippen LogP) is 4.79. The molecule has 2 aromatic carbocycles. The Morgan fingerprint density at radius 1 is 1.00 bits per heavy atom. The smallest absolute Gasteiger partial charge is 0.240 e. The van der Waals surface area contributed by atoms with Crippen LogP contribution in [0, 0.1) is 20.8 Å². The number of aryl methyl sites for hydroxylation is 3. The van der Waals surface area contributed by atoms with Crippen molar-refractivity contribution in [3.63, 3.8) is 0 Å². The van der Waals surface area contributed by atoms with Gasteiger partial charge in [0, 0.05) is 23.4 Å². The monoisotopic (exact) mass is 405 g/mol. The molecule has 0 atom stereocenters. The number of carbonyl (C=O) groups is 2. The first-order valence-electron chi connectivity index (χ1n) is 8.41. The number of hydrazone groups is 1. The fraction of sp³-hybridized carbons (Fsp3) is 0.250. The van der Waals surface area contributed by atoms with Crippen molar-refractivity contribution in [2.75, 3.05) is 5.32 Å². The highest BCUT2D eigenvalue weighted by Crippen LogP contribution is 2.25. The Morgan fingerprint density at radius 3 is 2.26 bits per heavy atom. The maximum Gasteiger partial charge on any atom is 0.240 e. The maximum absolute atomic E-state index is 11.9. The second-order valence-electron chi connectivity index (χ2n) is 6.28. The average Bonchev–Trinajstić information content (AvgIpc) is 2.58. The molecule has 0 aliphatic rings. The van der Waals surface area contributed by atoms with Gasteiger partial charge in [-0.15, -0.1) is 0 Å². The van der Waals surface area contributed by atoms with Gasteiger partial charge in [0.25, 0.3) is 0 Å². The van der Waals surface area contributed by atoms with Crippen molar-refractivity contribution in [2.45, 2.75) is 33.6 Å². The molecule has 2 aromatic rings. The lowest BCUT2D eigenvalue weighted by Crippen LogP contribution is -2.20. The van der Waals surface area contributed by atoms with Gasteiger partial charge in [0.05, 0.1) is 16.9 Å². The van der Waals surface area contributed by atoms with Gasteiger partial charge in [-0.2, -0.15) is 5.10 Å².